The van der Waals surface area contributed by atoms with Crippen molar-refractivity contribution in [2.75, 3.05) is 0 Å². The van der Waals surface area contributed by atoms with E-state index in [0.717, 1.165) is 12.0 Å². The molecule has 0 heterocycles. The first-order valence-electron chi connectivity index (χ1n) is 6.86. The fraction of sp³-hybridized carbons (Fsp3) is 0.667. The van der Waals surface area contributed by atoms with Crippen molar-refractivity contribution in [2.45, 2.75) is 44.8 Å². The molecule has 2 N–H and O–H groups in total. The molecule has 3 aliphatic carbocycles. The maximum absolute atomic E-state index is 11.7. The van der Waals surface area contributed by atoms with Crippen molar-refractivity contribution in [3.63, 3.8) is 0 Å². The first kappa shape index (κ1) is 12.1. The average Bonchev–Trinajstić information content (AvgIpc) is 2.35. The summed E-state index contributed by atoms with van der Waals surface area (Å²) in [4.78, 5) is 11.7. The number of carbonyl (C=O) groups excluding carboxylic acids is 1. The van der Waals surface area contributed by atoms with Gasteiger partial charge in [-0.1, -0.05) is 12.2 Å². The van der Waals surface area contributed by atoms with E-state index in [1.807, 2.05) is 6.92 Å². The van der Waals surface area contributed by atoms with Crippen LogP contribution in [0, 0.1) is 17.8 Å². The predicted molar refractivity (Wildman–Crippen MR) is 67.8 cm³/mol. The van der Waals surface area contributed by atoms with Gasteiger partial charge in [-0.05, 0) is 55.1 Å². The van der Waals surface area contributed by atoms with E-state index < -0.39 is 12.2 Å². The number of aliphatic hydroxyl groups excluding tert-OH is 2. The van der Waals surface area contributed by atoms with E-state index in [1.54, 1.807) is 0 Å². The second-order valence-electron chi connectivity index (χ2n) is 5.94. The first-order chi connectivity index (χ1) is 8.58. The zero-order valence-corrected chi connectivity index (χ0v) is 10.7. The Morgan fingerprint density at radius 2 is 1.94 bits per heavy atom. The zero-order chi connectivity index (χ0) is 12.9. The highest BCUT2D eigenvalue weighted by Crippen LogP contribution is 2.47. The molecule has 3 rings (SSSR count). The van der Waals surface area contributed by atoms with E-state index >= 15 is 0 Å². The molecule has 0 amide bonds. The van der Waals surface area contributed by atoms with Crippen LogP contribution in [0.1, 0.15) is 32.6 Å². The Bertz CT molecular complexity index is 435. The summed E-state index contributed by atoms with van der Waals surface area (Å²) < 4.78 is 0. The number of ketones is 1. The van der Waals surface area contributed by atoms with Crippen molar-refractivity contribution in [3.05, 3.63) is 23.3 Å². The molecule has 5 atom stereocenters. The van der Waals surface area contributed by atoms with E-state index in [4.69, 9.17) is 0 Å². The van der Waals surface area contributed by atoms with E-state index in [9.17, 15) is 15.0 Å². The van der Waals surface area contributed by atoms with Gasteiger partial charge in [-0.25, -0.2) is 0 Å². The van der Waals surface area contributed by atoms with Gasteiger partial charge in [-0.15, -0.1) is 0 Å². The first-order valence-corrected chi connectivity index (χ1v) is 6.86. The standard InChI is InChI=1S/C15H20O3/c1-8-10-3-2-9-6-14(17)15(18)7-12(9)11(10)4-5-13(8)16/h2-3,9,11-12,14-15,17-18H,4-7H2,1H3/t9-,11+,12-,14+,15-/m1/s1. The molecule has 3 heteroatoms. The Kier molecular flexibility index (Phi) is 2.91. The third-order valence-corrected chi connectivity index (χ3v) is 4.99. The molecule has 0 radical (unpaired) electrons. The lowest BCUT2D eigenvalue weighted by Crippen LogP contribution is -2.43. The number of aliphatic hydroxyl groups is 2. The van der Waals surface area contributed by atoms with E-state index in [0.29, 0.717) is 37.0 Å². The molecule has 0 unspecified atom stereocenters. The zero-order valence-electron chi connectivity index (χ0n) is 10.7. The van der Waals surface area contributed by atoms with E-state index in [2.05, 4.69) is 12.2 Å². The van der Waals surface area contributed by atoms with Crippen LogP contribution < -0.4 is 0 Å². The summed E-state index contributed by atoms with van der Waals surface area (Å²) >= 11 is 0. The second-order valence-corrected chi connectivity index (χ2v) is 5.94. The van der Waals surface area contributed by atoms with Crippen LogP contribution in [0.5, 0.6) is 0 Å². The monoisotopic (exact) mass is 248 g/mol. The summed E-state index contributed by atoms with van der Waals surface area (Å²) in [6, 6.07) is 0. The maximum atomic E-state index is 11.7. The van der Waals surface area contributed by atoms with Crippen molar-refractivity contribution in [2.24, 2.45) is 17.8 Å². The van der Waals surface area contributed by atoms with Crippen molar-refractivity contribution in [1.82, 2.24) is 0 Å². The Morgan fingerprint density at radius 1 is 1.22 bits per heavy atom. The number of Topliss-reactive ketones (excluding diaryl/α,β-unsaturated/α-hetero) is 1. The molecule has 0 aromatic carbocycles. The van der Waals surface area contributed by atoms with Crippen LogP contribution in [-0.4, -0.2) is 28.2 Å². The quantitative estimate of drug-likeness (QED) is 0.684. The Morgan fingerprint density at radius 3 is 2.72 bits per heavy atom. The lowest BCUT2D eigenvalue weighted by Gasteiger charge is -2.44. The van der Waals surface area contributed by atoms with Gasteiger partial charge in [0.1, 0.15) is 0 Å². The number of fused-ring (bicyclic) bond motifs is 3. The Balaban J connectivity index is 1.95. The SMILES string of the molecule is CC1=C2C=C[C@@H]3C[C@H](O)[C@H](O)C[C@H]3[C@H]2CCC1=O. The predicted octanol–water partition coefficient (Wildman–Crippen LogP) is 1.60. The van der Waals surface area contributed by atoms with Gasteiger partial charge in [0.25, 0.3) is 0 Å². The highest BCUT2D eigenvalue weighted by atomic mass is 16.3. The number of rotatable bonds is 0. The summed E-state index contributed by atoms with van der Waals surface area (Å²) in [7, 11) is 0. The van der Waals surface area contributed by atoms with Crippen LogP contribution in [0.25, 0.3) is 0 Å². The second kappa shape index (κ2) is 4.32. The molecular formula is C15H20O3. The fourth-order valence-corrected chi connectivity index (χ4v) is 3.89. The highest BCUT2D eigenvalue weighted by molar-refractivity contribution is 5.97. The molecule has 3 aliphatic rings. The van der Waals surface area contributed by atoms with Crippen LogP contribution in [0.4, 0.5) is 0 Å². The minimum absolute atomic E-state index is 0.265. The third kappa shape index (κ3) is 1.77. The van der Waals surface area contributed by atoms with Crippen molar-refractivity contribution < 1.29 is 15.0 Å². The van der Waals surface area contributed by atoms with Gasteiger partial charge in [0.15, 0.2) is 5.78 Å². The van der Waals surface area contributed by atoms with Crippen LogP contribution in [-0.2, 0) is 4.79 Å². The van der Waals surface area contributed by atoms with Crippen LogP contribution in [0.3, 0.4) is 0 Å². The summed E-state index contributed by atoms with van der Waals surface area (Å²) in [6.07, 6.45) is 5.88. The molecule has 1 saturated carbocycles. The number of hydrogen-bond donors (Lipinski definition) is 2. The van der Waals surface area contributed by atoms with Crippen molar-refractivity contribution in [1.29, 1.82) is 0 Å². The summed E-state index contributed by atoms with van der Waals surface area (Å²) in [6.45, 7) is 1.92. The molecule has 18 heavy (non-hydrogen) atoms. The highest BCUT2D eigenvalue weighted by Gasteiger charge is 2.42. The van der Waals surface area contributed by atoms with Crippen LogP contribution >= 0.6 is 0 Å². The number of allylic oxidation sites excluding steroid dienone is 4. The molecule has 98 valence electrons. The minimum Gasteiger partial charge on any atom is -0.390 e. The average molecular weight is 248 g/mol. The minimum atomic E-state index is -0.600. The van der Waals surface area contributed by atoms with Gasteiger partial charge < -0.3 is 10.2 Å². The van der Waals surface area contributed by atoms with Gasteiger partial charge in [-0.3, -0.25) is 4.79 Å². The topological polar surface area (TPSA) is 57.5 Å². The molecule has 0 aromatic heterocycles. The van der Waals surface area contributed by atoms with Gasteiger partial charge in [0, 0.05) is 6.42 Å². The van der Waals surface area contributed by atoms with Gasteiger partial charge in [0.2, 0.25) is 0 Å². The summed E-state index contributed by atoms with van der Waals surface area (Å²) in [5.41, 5.74) is 2.08. The molecule has 3 nitrogen and oxygen atoms in total. The van der Waals surface area contributed by atoms with Gasteiger partial charge in [0.05, 0.1) is 12.2 Å². The van der Waals surface area contributed by atoms with Crippen molar-refractivity contribution >= 4 is 5.78 Å². The Labute approximate surface area is 107 Å². The molecular weight excluding hydrogens is 228 g/mol. The Hall–Kier alpha value is -0.930. The lowest BCUT2D eigenvalue weighted by molar-refractivity contribution is -0.116. The van der Waals surface area contributed by atoms with Crippen LogP contribution in [0.15, 0.2) is 23.3 Å². The fourth-order valence-electron chi connectivity index (χ4n) is 3.89. The number of carbonyl (C=O) groups is 1. The molecule has 0 aliphatic heterocycles. The summed E-state index contributed by atoms with van der Waals surface area (Å²) in [5.74, 6) is 1.42. The van der Waals surface area contributed by atoms with Gasteiger partial charge in [-0.2, -0.15) is 0 Å². The largest absolute Gasteiger partial charge is 0.390 e. The molecule has 0 saturated heterocycles. The molecule has 0 aromatic rings. The van der Waals surface area contributed by atoms with Gasteiger partial charge >= 0.3 is 0 Å². The molecule has 1 fully saturated rings. The van der Waals surface area contributed by atoms with E-state index in [1.165, 1.54) is 5.57 Å². The third-order valence-electron chi connectivity index (χ3n) is 4.99. The van der Waals surface area contributed by atoms with Crippen LogP contribution in [0.2, 0.25) is 0 Å². The summed E-state index contributed by atoms with van der Waals surface area (Å²) in [5, 5.41) is 19.6. The number of hydrogen-bond acceptors (Lipinski definition) is 3. The maximum Gasteiger partial charge on any atom is 0.158 e. The smallest absolute Gasteiger partial charge is 0.158 e. The molecule has 0 bridgehead atoms. The molecule has 0 spiro atoms. The normalized spacial score (nSPS) is 43.7. The van der Waals surface area contributed by atoms with E-state index in [-0.39, 0.29) is 5.78 Å². The van der Waals surface area contributed by atoms with Crippen molar-refractivity contribution in [3.8, 4) is 0 Å². The lowest BCUT2D eigenvalue weighted by atomic mass is 9.62.